The Kier molecular flexibility index (Phi) is 6.42. The Morgan fingerprint density at radius 3 is 2.30 bits per heavy atom. The van der Waals surface area contributed by atoms with Gasteiger partial charge in [0.15, 0.2) is 0 Å². The number of halogens is 1. The zero-order valence-electron chi connectivity index (χ0n) is 13.7. The molecule has 0 radical (unpaired) electrons. The van der Waals surface area contributed by atoms with Crippen LogP contribution in [0.5, 0.6) is 0 Å². The maximum absolute atomic E-state index is 12.0. The van der Waals surface area contributed by atoms with Crippen LogP contribution >= 0.6 is 11.6 Å². The van der Waals surface area contributed by atoms with Crippen molar-refractivity contribution in [2.24, 2.45) is 5.92 Å². The third-order valence-electron chi connectivity index (χ3n) is 3.95. The number of carbonyl (C=O) groups excluding carboxylic acids is 2. The van der Waals surface area contributed by atoms with Gasteiger partial charge in [-0.15, -0.1) is 0 Å². The van der Waals surface area contributed by atoms with Crippen LogP contribution in [0.2, 0.25) is 5.02 Å². The number of piperazine rings is 1. The smallest absolute Gasteiger partial charge is 0.234 e. The van der Waals surface area contributed by atoms with Crippen molar-refractivity contribution >= 4 is 23.4 Å². The van der Waals surface area contributed by atoms with Crippen molar-refractivity contribution in [3.63, 3.8) is 0 Å². The second-order valence-electron chi connectivity index (χ2n) is 6.16. The van der Waals surface area contributed by atoms with Gasteiger partial charge in [0.05, 0.1) is 6.54 Å². The van der Waals surface area contributed by atoms with Crippen molar-refractivity contribution in [2.45, 2.75) is 20.4 Å². The van der Waals surface area contributed by atoms with Crippen molar-refractivity contribution < 1.29 is 9.59 Å². The summed E-state index contributed by atoms with van der Waals surface area (Å²) < 4.78 is 0. The fraction of sp³-hybridized carbons (Fsp3) is 0.529. The SMILES string of the molecule is CC(C)C(=O)N1CCN(CC(=O)NCc2ccc(Cl)cc2)CC1. The Labute approximate surface area is 142 Å². The van der Waals surface area contributed by atoms with E-state index in [1.165, 1.54) is 0 Å². The minimum atomic E-state index is 0.00332. The summed E-state index contributed by atoms with van der Waals surface area (Å²) in [6.07, 6.45) is 0. The molecule has 0 saturated carbocycles. The summed E-state index contributed by atoms with van der Waals surface area (Å²) in [6.45, 7) is 7.58. The number of hydrogen-bond donors (Lipinski definition) is 1. The molecule has 6 heteroatoms. The topological polar surface area (TPSA) is 52.7 Å². The summed E-state index contributed by atoms with van der Waals surface area (Å²) in [7, 11) is 0. The van der Waals surface area contributed by atoms with E-state index in [4.69, 9.17) is 11.6 Å². The first-order valence-electron chi connectivity index (χ1n) is 7.98. The van der Waals surface area contributed by atoms with Crippen LogP contribution in [0.25, 0.3) is 0 Å². The summed E-state index contributed by atoms with van der Waals surface area (Å²) in [5, 5.41) is 3.60. The normalized spacial score (nSPS) is 15.7. The first kappa shape index (κ1) is 17.8. The number of benzene rings is 1. The van der Waals surface area contributed by atoms with Crippen LogP contribution in [0.15, 0.2) is 24.3 Å². The van der Waals surface area contributed by atoms with Crippen molar-refractivity contribution in [2.75, 3.05) is 32.7 Å². The van der Waals surface area contributed by atoms with Crippen LogP contribution in [0.4, 0.5) is 0 Å². The van der Waals surface area contributed by atoms with E-state index in [9.17, 15) is 9.59 Å². The summed E-state index contributed by atoms with van der Waals surface area (Å²) in [6, 6.07) is 7.43. The molecule has 0 bridgehead atoms. The number of carbonyl (C=O) groups is 2. The van der Waals surface area contributed by atoms with Gasteiger partial charge in [-0.05, 0) is 17.7 Å². The highest BCUT2D eigenvalue weighted by Crippen LogP contribution is 2.09. The lowest BCUT2D eigenvalue weighted by Crippen LogP contribution is -2.51. The number of nitrogens with one attached hydrogen (secondary N) is 1. The van der Waals surface area contributed by atoms with E-state index in [1.54, 1.807) is 0 Å². The maximum Gasteiger partial charge on any atom is 0.234 e. The standard InChI is InChI=1S/C17H24ClN3O2/c1-13(2)17(23)21-9-7-20(8-10-21)12-16(22)19-11-14-3-5-15(18)6-4-14/h3-6,13H,7-12H2,1-2H3,(H,19,22). The lowest BCUT2D eigenvalue weighted by Gasteiger charge is -2.35. The van der Waals surface area contributed by atoms with E-state index in [0.717, 1.165) is 18.7 Å². The summed E-state index contributed by atoms with van der Waals surface area (Å²) in [4.78, 5) is 27.9. The van der Waals surface area contributed by atoms with Crippen LogP contribution in [-0.2, 0) is 16.1 Å². The van der Waals surface area contributed by atoms with Gasteiger partial charge in [0.2, 0.25) is 11.8 Å². The molecule has 0 atom stereocenters. The van der Waals surface area contributed by atoms with Gasteiger partial charge in [-0.25, -0.2) is 0 Å². The van der Waals surface area contributed by atoms with Gasteiger partial charge in [-0.2, -0.15) is 0 Å². The van der Waals surface area contributed by atoms with Crippen molar-refractivity contribution in [1.82, 2.24) is 15.1 Å². The Morgan fingerprint density at radius 2 is 1.74 bits per heavy atom. The zero-order chi connectivity index (χ0) is 16.8. The molecule has 0 aromatic heterocycles. The highest BCUT2D eigenvalue weighted by atomic mass is 35.5. The van der Waals surface area contributed by atoms with Gasteiger partial charge in [0.25, 0.3) is 0 Å². The first-order valence-corrected chi connectivity index (χ1v) is 8.36. The molecule has 5 nitrogen and oxygen atoms in total. The molecule has 1 aromatic rings. The average molecular weight is 338 g/mol. The van der Waals surface area contributed by atoms with Gasteiger partial charge < -0.3 is 10.2 Å². The van der Waals surface area contributed by atoms with E-state index < -0.39 is 0 Å². The second kappa shape index (κ2) is 8.31. The molecule has 126 valence electrons. The molecule has 1 fully saturated rings. The van der Waals surface area contributed by atoms with E-state index in [0.29, 0.717) is 31.2 Å². The van der Waals surface area contributed by atoms with Crippen LogP contribution in [0.1, 0.15) is 19.4 Å². The molecule has 1 saturated heterocycles. The summed E-state index contributed by atoms with van der Waals surface area (Å²) >= 11 is 5.83. The van der Waals surface area contributed by atoms with E-state index in [-0.39, 0.29) is 17.7 Å². The molecular weight excluding hydrogens is 314 g/mol. The average Bonchev–Trinajstić information content (AvgIpc) is 2.54. The molecule has 1 aliphatic heterocycles. The Bertz CT molecular complexity index is 537. The number of hydrogen-bond acceptors (Lipinski definition) is 3. The molecule has 1 heterocycles. The van der Waals surface area contributed by atoms with Gasteiger partial charge in [-0.1, -0.05) is 37.6 Å². The Morgan fingerprint density at radius 1 is 1.13 bits per heavy atom. The van der Waals surface area contributed by atoms with Gasteiger partial charge in [0, 0.05) is 43.7 Å². The van der Waals surface area contributed by atoms with Gasteiger partial charge >= 0.3 is 0 Å². The zero-order valence-corrected chi connectivity index (χ0v) is 14.5. The largest absolute Gasteiger partial charge is 0.351 e. The van der Waals surface area contributed by atoms with Crippen molar-refractivity contribution in [1.29, 1.82) is 0 Å². The van der Waals surface area contributed by atoms with Crippen LogP contribution < -0.4 is 5.32 Å². The lowest BCUT2D eigenvalue weighted by molar-refractivity contribution is -0.136. The molecule has 0 aliphatic carbocycles. The minimum absolute atomic E-state index is 0.00332. The van der Waals surface area contributed by atoms with Crippen molar-refractivity contribution in [3.05, 3.63) is 34.9 Å². The first-order chi connectivity index (χ1) is 11.0. The fourth-order valence-electron chi connectivity index (χ4n) is 2.55. The van der Waals surface area contributed by atoms with Crippen LogP contribution in [0.3, 0.4) is 0 Å². The fourth-order valence-corrected chi connectivity index (χ4v) is 2.68. The summed E-state index contributed by atoms with van der Waals surface area (Å²) in [5.41, 5.74) is 1.02. The molecule has 1 aromatic carbocycles. The predicted octanol–water partition coefficient (Wildman–Crippen LogP) is 1.76. The third kappa shape index (κ3) is 5.52. The van der Waals surface area contributed by atoms with Gasteiger partial charge in [-0.3, -0.25) is 14.5 Å². The molecule has 1 N–H and O–H groups in total. The molecule has 0 spiro atoms. The predicted molar refractivity (Wildman–Crippen MR) is 91.2 cm³/mol. The lowest BCUT2D eigenvalue weighted by atomic mass is 10.1. The number of rotatable bonds is 5. The molecule has 1 aliphatic rings. The Balaban J connectivity index is 1.70. The highest BCUT2D eigenvalue weighted by molar-refractivity contribution is 6.30. The number of amides is 2. The quantitative estimate of drug-likeness (QED) is 0.890. The molecule has 2 rings (SSSR count). The van der Waals surface area contributed by atoms with Crippen LogP contribution in [0, 0.1) is 5.92 Å². The minimum Gasteiger partial charge on any atom is -0.351 e. The molecule has 0 unspecified atom stereocenters. The van der Waals surface area contributed by atoms with E-state index in [1.807, 2.05) is 43.0 Å². The summed E-state index contributed by atoms with van der Waals surface area (Å²) in [5.74, 6) is 0.227. The third-order valence-corrected chi connectivity index (χ3v) is 4.20. The maximum atomic E-state index is 12.0. The second-order valence-corrected chi connectivity index (χ2v) is 6.60. The van der Waals surface area contributed by atoms with E-state index in [2.05, 4.69) is 10.2 Å². The molecular formula is C17H24ClN3O2. The van der Waals surface area contributed by atoms with Gasteiger partial charge in [0.1, 0.15) is 0 Å². The highest BCUT2D eigenvalue weighted by Gasteiger charge is 2.23. The van der Waals surface area contributed by atoms with Crippen molar-refractivity contribution in [3.8, 4) is 0 Å². The Hall–Kier alpha value is -1.59. The van der Waals surface area contributed by atoms with Crippen LogP contribution in [-0.4, -0.2) is 54.3 Å². The monoisotopic (exact) mass is 337 g/mol. The van der Waals surface area contributed by atoms with E-state index >= 15 is 0 Å². The molecule has 2 amide bonds. The number of nitrogens with zero attached hydrogens (tertiary/aromatic N) is 2. The molecule has 23 heavy (non-hydrogen) atoms.